The lowest BCUT2D eigenvalue weighted by Gasteiger charge is -2.30. The van der Waals surface area contributed by atoms with Gasteiger partial charge in [0.15, 0.2) is 0 Å². The molecule has 2 aliphatic carbocycles. The molecule has 64 heavy (non-hydrogen) atoms. The number of allylic oxidation sites excluding steroid dienone is 4. The van der Waals surface area contributed by atoms with Crippen molar-refractivity contribution in [1.82, 2.24) is 0 Å². The number of rotatable bonds is 7. The van der Waals surface area contributed by atoms with E-state index in [1.807, 2.05) is 30.3 Å². The zero-order valence-corrected chi connectivity index (χ0v) is 35.2. The maximum Gasteiger partial charge on any atom is 0.143 e. The molecule has 302 valence electrons. The predicted molar refractivity (Wildman–Crippen MR) is 268 cm³/mol. The summed E-state index contributed by atoms with van der Waals surface area (Å²) in [5.41, 5.74) is 20.3. The zero-order chi connectivity index (χ0) is 42.9. The lowest BCUT2D eigenvalue weighted by molar-refractivity contribution is 0.668. The second-order valence-corrected chi connectivity index (χ2v) is 16.3. The fourth-order valence-electron chi connectivity index (χ4n) is 10.0. The molecule has 0 aliphatic heterocycles. The molecule has 12 rings (SSSR count). The number of benzene rings is 9. The van der Waals surface area contributed by atoms with Crippen molar-refractivity contribution in [3.05, 3.63) is 270 Å². The summed E-state index contributed by atoms with van der Waals surface area (Å²) in [5, 5.41) is 6.03. The molecule has 0 bridgehead atoms. The largest absolute Gasteiger partial charge is 0.455 e. The first kappa shape index (κ1) is 38.5. The molecule has 1 N–H and O–H groups in total. The molecule has 0 unspecified atom stereocenters. The molecule has 0 atom stereocenters. The Bertz CT molecular complexity index is 3390. The molecular weight excluding hydrogens is 775 g/mol. The van der Waals surface area contributed by atoms with Crippen molar-refractivity contribution in [2.75, 3.05) is 5.32 Å². The standard InChI is InChI=1S/C37H25N.C25H18O/c1-2-11-25(12-3-1)26-21-23-27(24-22-26)38-35-20-10-19-34-36(35)30-15-6-9-18-33(30)37(34)31-16-7-4-13-28(31)29-14-5-8-17-32(29)37;1-2-3-12-20(18-17-19-10-5-4-6-11-19)21-14-9-15-23-22-13-7-8-16-24(22)26-25(21)23/h1-24,38H;1,3-16,18H,17H2/b;12-3-,20-18+. The number of terminal acetylenes is 1. The SMILES string of the molecule is C#C/C=C\C(=C/Cc1ccccc1)c1cccc2c1oc1ccccc12.c1ccc(-c2ccc(Nc3cccc4c3-c3ccccc3C43c4ccccc4-c4ccccc43)cc2)cc1. The molecule has 10 aromatic rings. The number of hydrogen-bond donors (Lipinski definition) is 1. The van der Waals surface area contributed by atoms with Crippen LogP contribution in [0.5, 0.6) is 0 Å². The van der Waals surface area contributed by atoms with Crippen molar-refractivity contribution in [3.63, 3.8) is 0 Å². The second-order valence-electron chi connectivity index (χ2n) is 16.3. The lowest BCUT2D eigenvalue weighted by atomic mass is 9.70. The third kappa shape index (κ3) is 6.54. The highest BCUT2D eigenvalue weighted by Gasteiger charge is 2.51. The predicted octanol–water partition coefficient (Wildman–Crippen LogP) is 15.8. The van der Waals surface area contributed by atoms with E-state index in [0.29, 0.717) is 0 Å². The number of fused-ring (bicyclic) bond motifs is 13. The van der Waals surface area contributed by atoms with Gasteiger partial charge in [-0.1, -0.05) is 206 Å². The Balaban J connectivity index is 0.000000154. The lowest BCUT2D eigenvalue weighted by Crippen LogP contribution is -2.25. The molecule has 1 aromatic heterocycles. The van der Waals surface area contributed by atoms with Crippen LogP contribution in [0.25, 0.3) is 60.9 Å². The van der Waals surface area contributed by atoms with E-state index in [9.17, 15) is 0 Å². The van der Waals surface area contributed by atoms with Gasteiger partial charge < -0.3 is 9.73 Å². The summed E-state index contributed by atoms with van der Waals surface area (Å²) in [6.45, 7) is 0. The number of nitrogens with one attached hydrogen (secondary N) is 1. The summed E-state index contributed by atoms with van der Waals surface area (Å²) < 4.78 is 6.17. The van der Waals surface area contributed by atoms with Crippen LogP contribution in [0.2, 0.25) is 0 Å². The first-order chi connectivity index (χ1) is 31.7. The number of para-hydroxylation sites is 2. The van der Waals surface area contributed by atoms with Gasteiger partial charge in [-0.05, 0) is 104 Å². The van der Waals surface area contributed by atoms with Crippen LogP contribution in [0.15, 0.2) is 241 Å². The van der Waals surface area contributed by atoms with Gasteiger partial charge in [0, 0.05) is 33.3 Å². The Morgan fingerprint density at radius 2 is 1.08 bits per heavy atom. The molecule has 2 aliphatic rings. The van der Waals surface area contributed by atoms with E-state index in [1.165, 1.54) is 61.2 Å². The third-order valence-corrected chi connectivity index (χ3v) is 12.8. The first-order valence-corrected chi connectivity index (χ1v) is 21.8. The van der Waals surface area contributed by atoms with E-state index < -0.39 is 0 Å². The quantitative estimate of drug-likeness (QED) is 0.128. The molecule has 1 spiro atoms. The molecule has 0 saturated heterocycles. The molecule has 9 aromatic carbocycles. The fraction of sp³-hybridized carbons (Fsp3) is 0.0323. The number of anilines is 2. The monoisotopic (exact) mass is 817 g/mol. The van der Waals surface area contributed by atoms with Gasteiger partial charge in [0.2, 0.25) is 0 Å². The van der Waals surface area contributed by atoms with Crippen molar-refractivity contribution in [3.8, 4) is 45.7 Å². The van der Waals surface area contributed by atoms with Crippen LogP contribution in [-0.4, -0.2) is 0 Å². The van der Waals surface area contributed by atoms with Gasteiger partial charge >= 0.3 is 0 Å². The van der Waals surface area contributed by atoms with Crippen LogP contribution in [-0.2, 0) is 11.8 Å². The first-order valence-electron chi connectivity index (χ1n) is 21.8. The Labute approximate surface area is 374 Å². The minimum Gasteiger partial charge on any atom is -0.455 e. The molecular formula is C62H43NO. The average Bonchev–Trinajstić information content (AvgIpc) is 4.00. The molecule has 0 saturated carbocycles. The second kappa shape index (κ2) is 16.5. The van der Waals surface area contributed by atoms with E-state index >= 15 is 0 Å². The van der Waals surface area contributed by atoms with Gasteiger partial charge in [-0.25, -0.2) is 0 Å². The van der Waals surface area contributed by atoms with Gasteiger partial charge in [0.1, 0.15) is 11.2 Å². The summed E-state index contributed by atoms with van der Waals surface area (Å²) in [7, 11) is 0. The average molecular weight is 818 g/mol. The van der Waals surface area contributed by atoms with Crippen molar-refractivity contribution in [2.24, 2.45) is 0 Å². The van der Waals surface area contributed by atoms with E-state index in [1.54, 1.807) is 6.08 Å². The maximum atomic E-state index is 6.17. The van der Waals surface area contributed by atoms with E-state index in [4.69, 9.17) is 10.8 Å². The maximum absolute atomic E-state index is 6.17. The Morgan fingerprint density at radius 3 is 1.80 bits per heavy atom. The summed E-state index contributed by atoms with van der Waals surface area (Å²) in [6.07, 6.45) is 12.2. The van der Waals surface area contributed by atoms with E-state index in [0.717, 1.165) is 50.9 Å². The Morgan fingerprint density at radius 1 is 0.516 bits per heavy atom. The van der Waals surface area contributed by atoms with Gasteiger partial charge in [-0.15, -0.1) is 6.42 Å². The normalized spacial score (nSPS) is 12.9. The smallest absolute Gasteiger partial charge is 0.143 e. The highest BCUT2D eigenvalue weighted by molar-refractivity contribution is 6.08. The van der Waals surface area contributed by atoms with Crippen LogP contribution < -0.4 is 5.32 Å². The molecule has 1 heterocycles. The summed E-state index contributed by atoms with van der Waals surface area (Å²) in [4.78, 5) is 0. The van der Waals surface area contributed by atoms with Crippen molar-refractivity contribution < 1.29 is 4.42 Å². The van der Waals surface area contributed by atoms with Crippen LogP contribution in [0.1, 0.15) is 33.4 Å². The molecule has 2 heteroatoms. The minimum atomic E-state index is -0.312. The van der Waals surface area contributed by atoms with E-state index in [-0.39, 0.29) is 5.41 Å². The van der Waals surface area contributed by atoms with Gasteiger partial charge in [0.25, 0.3) is 0 Å². The summed E-state index contributed by atoms with van der Waals surface area (Å²) in [5.74, 6) is 2.59. The molecule has 0 radical (unpaired) electrons. The van der Waals surface area contributed by atoms with Crippen LogP contribution in [0.4, 0.5) is 11.4 Å². The number of furan rings is 1. The topological polar surface area (TPSA) is 25.2 Å². The number of hydrogen-bond acceptors (Lipinski definition) is 2. The highest BCUT2D eigenvalue weighted by atomic mass is 16.3. The van der Waals surface area contributed by atoms with Crippen LogP contribution >= 0.6 is 0 Å². The van der Waals surface area contributed by atoms with Gasteiger partial charge in [-0.2, -0.15) is 0 Å². The van der Waals surface area contributed by atoms with Crippen molar-refractivity contribution in [1.29, 1.82) is 0 Å². The molecule has 0 amide bonds. The Hall–Kier alpha value is -8.38. The van der Waals surface area contributed by atoms with Crippen molar-refractivity contribution >= 4 is 38.9 Å². The van der Waals surface area contributed by atoms with Crippen LogP contribution in [0.3, 0.4) is 0 Å². The van der Waals surface area contributed by atoms with Crippen molar-refractivity contribution in [2.45, 2.75) is 11.8 Å². The van der Waals surface area contributed by atoms with E-state index in [2.05, 4.69) is 211 Å². The fourth-order valence-corrected chi connectivity index (χ4v) is 10.0. The van der Waals surface area contributed by atoms with Gasteiger partial charge in [0.05, 0.1) is 5.41 Å². The summed E-state index contributed by atoms with van der Waals surface area (Å²) in [6, 6.07) is 77.7. The van der Waals surface area contributed by atoms with Crippen LogP contribution in [0, 0.1) is 12.3 Å². The zero-order valence-electron chi connectivity index (χ0n) is 35.2. The molecule has 2 nitrogen and oxygen atoms in total. The van der Waals surface area contributed by atoms with Gasteiger partial charge in [-0.3, -0.25) is 0 Å². The third-order valence-electron chi connectivity index (χ3n) is 12.8. The highest BCUT2D eigenvalue weighted by Crippen LogP contribution is 2.63. The Kier molecular flexibility index (Phi) is 9.92. The molecule has 0 fully saturated rings. The summed E-state index contributed by atoms with van der Waals surface area (Å²) >= 11 is 0. The minimum absolute atomic E-state index is 0.312.